The van der Waals surface area contributed by atoms with Crippen LogP contribution in [0.4, 0.5) is 23.2 Å². The molecule has 0 saturated heterocycles. The van der Waals surface area contributed by atoms with Crippen molar-refractivity contribution in [2.45, 2.75) is 26.7 Å². The maximum atomic E-state index is 14.3. The first-order valence-corrected chi connectivity index (χ1v) is 10.2. The number of carbonyl (C=O) groups is 1. The number of anilines is 1. The molecule has 0 bridgehead atoms. The fraction of sp³-hybridized carbons (Fsp3) is 0.174. The van der Waals surface area contributed by atoms with E-state index in [1.807, 2.05) is 0 Å². The number of hydrogen-bond acceptors (Lipinski definition) is 4. The molecule has 33 heavy (non-hydrogen) atoms. The molecule has 0 atom stereocenters. The van der Waals surface area contributed by atoms with E-state index in [4.69, 9.17) is 16.0 Å². The Morgan fingerprint density at radius 1 is 1.09 bits per heavy atom. The SMILES string of the molecule is CCCC1=NN(c2c(F)c(F)cc(F)c2F)C(=O)/C1=C\c1coc2cc(C)c(Cl)cc2c1=O. The molecule has 4 rings (SSSR count). The first kappa shape index (κ1) is 22.7. The standard InChI is InChI=1S/C23H15ClF4N2O3/c1-3-4-17-12(6-11-9-33-18-5-10(2)14(24)7-13(18)22(11)31)23(32)30(29-17)21-19(27)15(25)8-16(26)20(21)28/h5-9H,3-4H2,1-2H3/b12-6-. The van der Waals surface area contributed by atoms with Crippen molar-refractivity contribution in [3.63, 3.8) is 0 Å². The van der Waals surface area contributed by atoms with Crippen LogP contribution >= 0.6 is 11.6 Å². The summed E-state index contributed by atoms with van der Waals surface area (Å²) in [5, 5.41) is 4.66. The average Bonchev–Trinajstić information content (AvgIpc) is 3.06. The van der Waals surface area contributed by atoms with Crippen LogP contribution in [-0.4, -0.2) is 11.6 Å². The number of hydrogen-bond donors (Lipinski definition) is 0. The molecular formula is C23H15ClF4N2O3. The molecule has 0 radical (unpaired) electrons. The normalized spacial score (nSPS) is 15.1. The molecule has 2 aromatic carbocycles. The lowest BCUT2D eigenvalue weighted by atomic mass is 10.0. The summed E-state index contributed by atoms with van der Waals surface area (Å²) in [4.78, 5) is 26.0. The predicted molar refractivity (Wildman–Crippen MR) is 116 cm³/mol. The fourth-order valence-electron chi connectivity index (χ4n) is 3.44. The van der Waals surface area contributed by atoms with E-state index >= 15 is 0 Å². The van der Waals surface area contributed by atoms with E-state index in [0.29, 0.717) is 17.0 Å². The summed E-state index contributed by atoms with van der Waals surface area (Å²) in [5.41, 5.74) is -0.904. The smallest absolute Gasteiger partial charge is 0.280 e. The third-order valence-corrected chi connectivity index (χ3v) is 5.53. The van der Waals surface area contributed by atoms with Gasteiger partial charge in [-0.1, -0.05) is 24.9 Å². The Balaban J connectivity index is 1.87. The largest absolute Gasteiger partial charge is 0.463 e. The Morgan fingerprint density at radius 3 is 2.39 bits per heavy atom. The van der Waals surface area contributed by atoms with Gasteiger partial charge in [0.05, 0.1) is 22.2 Å². The minimum atomic E-state index is -1.77. The van der Waals surface area contributed by atoms with Crippen molar-refractivity contribution in [2.75, 3.05) is 5.01 Å². The summed E-state index contributed by atoms with van der Waals surface area (Å²) < 4.78 is 61.5. The number of aryl methyl sites for hydroxylation is 1. The van der Waals surface area contributed by atoms with Crippen molar-refractivity contribution in [2.24, 2.45) is 5.10 Å². The molecule has 0 aliphatic carbocycles. The molecule has 10 heteroatoms. The maximum absolute atomic E-state index is 14.3. The van der Waals surface area contributed by atoms with Crippen LogP contribution in [-0.2, 0) is 4.79 Å². The van der Waals surface area contributed by atoms with Crippen LogP contribution in [0.5, 0.6) is 0 Å². The Bertz CT molecular complexity index is 1420. The molecule has 0 N–H and O–H groups in total. The minimum Gasteiger partial charge on any atom is -0.463 e. The molecule has 3 aromatic rings. The number of hydrazone groups is 1. The third-order valence-electron chi connectivity index (χ3n) is 5.12. The van der Waals surface area contributed by atoms with Crippen LogP contribution in [0, 0.1) is 30.2 Å². The summed E-state index contributed by atoms with van der Waals surface area (Å²) >= 11 is 6.10. The van der Waals surface area contributed by atoms with Crippen LogP contribution in [0.2, 0.25) is 5.02 Å². The summed E-state index contributed by atoms with van der Waals surface area (Å²) in [6.45, 7) is 3.51. The number of fused-ring (bicyclic) bond motifs is 1. The summed E-state index contributed by atoms with van der Waals surface area (Å²) in [6.07, 6.45) is 2.98. The number of nitrogens with zero attached hydrogens (tertiary/aromatic N) is 2. The Hall–Kier alpha value is -3.46. The molecule has 170 valence electrons. The molecule has 0 unspecified atom stereocenters. The van der Waals surface area contributed by atoms with Crippen LogP contribution in [0.1, 0.15) is 30.9 Å². The van der Waals surface area contributed by atoms with Gasteiger partial charge in [0.2, 0.25) is 0 Å². The molecule has 5 nitrogen and oxygen atoms in total. The highest BCUT2D eigenvalue weighted by atomic mass is 35.5. The molecule has 0 fully saturated rings. The van der Waals surface area contributed by atoms with Crippen molar-refractivity contribution in [3.8, 4) is 0 Å². The summed E-state index contributed by atoms with van der Waals surface area (Å²) in [7, 11) is 0. The van der Waals surface area contributed by atoms with Gasteiger partial charge in [-0.15, -0.1) is 0 Å². The van der Waals surface area contributed by atoms with Gasteiger partial charge in [-0.3, -0.25) is 9.59 Å². The molecular weight excluding hydrogens is 464 g/mol. The number of amides is 1. The minimum absolute atomic E-state index is 0.0370. The lowest BCUT2D eigenvalue weighted by molar-refractivity contribution is -0.114. The van der Waals surface area contributed by atoms with Gasteiger partial charge in [0.15, 0.2) is 28.7 Å². The van der Waals surface area contributed by atoms with E-state index in [1.165, 1.54) is 12.1 Å². The highest BCUT2D eigenvalue weighted by molar-refractivity contribution is 6.33. The second-order valence-corrected chi connectivity index (χ2v) is 7.81. The zero-order chi connectivity index (χ0) is 24.0. The monoisotopic (exact) mass is 478 g/mol. The lowest BCUT2D eigenvalue weighted by Crippen LogP contribution is -2.24. The van der Waals surface area contributed by atoms with Gasteiger partial charge in [-0.25, -0.2) is 17.6 Å². The molecule has 0 saturated carbocycles. The number of halogens is 5. The van der Waals surface area contributed by atoms with Crippen LogP contribution in [0.25, 0.3) is 17.0 Å². The first-order chi connectivity index (χ1) is 15.6. The van der Waals surface area contributed by atoms with Crippen LogP contribution in [0.3, 0.4) is 0 Å². The van der Waals surface area contributed by atoms with Gasteiger partial charge in [0, 0.05) is 11.1 Å². The molecule has 2 heterocycles. The molecule has 1 aliphatic heterocycles. The zero-order valence-electron chi connectivity index (χ0n) is 17.3. The molecule has 1 aromatic heterocycles. The van der Waals surface area contributed by atoms with Gasteiger partial charge < -0.3 is 4.42 Å². The van der Waals surface area contributed by atoms with E-state index in [2.05, 4.69) is 5.10 Å². The zero-order valence-corrected chi connectivity index (χ0v) is 18.1. The van der Waals surface area contributed by atoms with Gasteiger partial charge in [-0.05, 0) is 37.1 Å². The average molecular weight is 479 g/mol. The van der Waals surface area contributed by atoms with E-state index in [9.17, 15) is 27.2 Å². The molecule has 1 aliphatic rings. The van der Waals surface area contributed by atoms with Crippen molar-refractivity contribution >= 4 is 46.0 Å². The maximum Gasteiger partial charge on any atom is 0.280 e. The highest BCUT2D eigenvalue weighted by Crippen LogP contribution is 2.33. The fourth-order valence-corrected chi connectivity index (χ4v) is 3.61. The first-order valence-electron chi connectivity index (χ1n) is 9.82. The van der Waals surface area contributed by atoms with E-state index < -0.39 is 40.3 Å². The Kier molecular flexibility index (Phi) is 5.84. The predicted octanol–water partition coefficient (Wildman–Crippen LogP) is 5.90. The second kappa shape index (κ2) is 8.47. The van der Waals surface area contributed by atoms with Gasteiger partial charge in [0.1, 0.15) is 17.5 Å². The van der Waals surface area contributed by atoms with Gasteiger partial charge in [-0.2, -0.15) is 10.1 Å². The van der Waals surface area contributed by atoms with Crippen LogP contribution in [0.15, 0.2) is 44.3 Å². The second-order valence-electron chi connectivity index (χ2n) is 7.41. The van der Waals surface area contributed by atoms with Crippen LogP contribution < -0.4 is 10.4 Å². The summed E-state index contributed by atoms with van der Waals surface area (Å²) in [6, 6.07) is 3.06. The quantitative estimate of drug-likeness (QED) is 0.266. The lowest BCUT2D eigenvalue weighted by Gasteiger charge is -2.14. The number of carbonyl (C=O) groups excluding carboxylic acids is 1. The molecule has 0 spiro atoms. The number of rotatable bonds is 4. The van der Waals surface area contributed by atoms with E-state index in [-0.39, 0.29) is 45.3 Å². The Morgan fingerprint density at radius 2 is 1.76 bits per heavy atom. The number of benzene rings is 2. The van der Waals surface area contributed by atoms with E-state index in [0.717, 1.165) is 6.26 Å². The van der Waals surface area contributed by atoms with E-state index in [1.54, 1.807) is 19.9 Å². The highest BCUT2D eigenvalue weighted by Gasteiger charge is 2.36. The third kappa shape index (κ3) is 3.82. The summed E-state index contributed by atoms with van der Waals surface area (Å²) in [5.74, 6) is -7.94. The van der Waals surface area contributed by atoms with Gasteiger partial charge in [0.25, 0.3) is 5.91 Å². The Labute approximate surface area is 189 Å². The van der Waals surface area contributed by atoms with Crippen molar-refractivity contribution in [1.29, 1.82) is 0 Å². The molecule has 1 amide bonds. The topological polar surface area (TPSA) is 62.9 Å². The van der Waals surface area contributed by atoms with Crippen molar-refractivity contribution in [3.05, 3.63) is 79.7 Å². The van der Waals surface area contributed by atoms with Gasteiger partial charge >= 0.3 is 0 Å². The van der Waals surface area contributed by atoms with Crippen molar-refractivity contribution < 1.29 is 26.8 Å². The van der Waals surface area contributed by atoms with Crippen molar-refractivity contribution in [1.82, 2.24) is 0 Å².